The SMILES string of the molecule is C[C@@H]1C[C@@H](N)CCN1C(=O)Cc1ccc(Cl)cc1Br. The van der Waals surface area contributed by atoms with Crippen molar-refractivity contribution in [2.45, 2.75) is 38.3 Å². The summed E-state index contributed by atoms with van der Waals surface area (Å²) in [6.45, 7) is 2.82. The van der Waals surface area contributed by atoms with Gasteiger partial charge in [0.25, 0.3) is 0 Å². The first-order valence-electron chi connectivity index (χ1n) is 6.46. The van der Waals surface area contributed by atoms with Crippen LogP contribution in [0.3, 0.4) is 0 Å². The Morgan fingerprint density at radius 2 is 2.32 bits per heavy atom. The number of benzene rings is 1. The molecule has 1 aliphatic heterocycles. The molecule has 0 unspecified atom stereocenters. The smallest absolute Gasteiger partial charge is 0.227 e. The van der Waals surface area contributed by atoms with Crippen molar-refractivity contribution in [2.75, 3.05) is 6.54 Å². The van der Waals surface area contributed by atoms with Crippen molar-refractivity contribution in [1.29, 1.82) is 0 Å². The summed E-state index contributed by atoms with van der Waals surface area (Å²) >= 11 is 9.35. The Labute approximate surface area is 127 Å². The van der Waals surface area contributed by atoms with Crippen molar-refractivity contribution < 1.29 is 4.79 Å². The largest absolute Gasteiger partial charge is 0.340 e. The van der Waals surface area contributed by atoms with Crippen LogP contribution >= 0.6 is 27.5 Å². The third kappa shape index (κ3) is 3.71. The Kier molecular flexibility index (Phi) is 4.87. The summed E-state index contributed by atoms with van der Waals surface area (Å²) in [4.78, 5) is 14.3. The molecule has 2 rings (SSSR count). The predicted molar refractivity (Wildman–Crippen MR) is 81.2 cm³/mol. The molecule has 2 N–H and O–H groups in total. The first-order valence-corrected chi connectivity index (χ1v) is 7.63. The van der Waals surface area contributed by atoms with Crippen LogP contribution < -0.4 is 5.73 Å². The van der Waals surface area contributed by atoms with Gasteiger partial charge in [0.15, 0.2) is 0 Å². The van der Waals surface area contributed by atoms with Gasteiger partial charge in [-0.15, -0.1) is 0 Å². The molecule has 1 fully saturated rings. The van der Waals surface area contributed by atoms with Gasteiger partial charge in [-0.3, -0.25) is 4.79 Å². The second-order valence-electron chi connectivity index (χ2n) is 5.13. The van der Waals surface area contributed by atoms with Crippen molar-refractivity contribution in [1.82, 2.24) is 4.90 Å². The van der Waals surface area contributed by atoms with Gasteiger partial charge in [0.2, 0.25) is 5.91 Å². The highest BCUT2D eigenvalue weighted by Crippen LogP contribution is 2.24. The number of nitrogens with two attached hydrogens (primary N) is 1. The Morgan fingerprint density at radius 3 is 2.95 bits per heavy atom. The first-order chi connectivity index (χ1) is 8.97. The van der Waals surface area contributed by atoms with Crippen molar-refractivity contribution in [2.24, 2.45) is 5.73 Å². The molecule has 1 aromatic carbocycles. The van der Waals surface area contributed by atoms with Gasteiger partial charge >= 0.3 is 0 Å². The molecule has 104 valence electrons. The minimum atomic E-state index is 0.155. The Morgan fingerprint density at radius 1 is 1.58 bits per heavy atom. The summed E-state index contributed by atoms with van der Waals surface area (Å²) in [5.41, 5.74) is 6.89. The van der Waals surface area contributed by atoms with Gasteiger partial charge in [-0.25, -0.2) is 0 Å². The average molecular weight is 346 g/mol. The molecule has 19 heavy (non-hydrogen) atoms. The van der Waals surface area contributed by atoms with E-state index in [0.717, 1.165) is 29.4 Å². The molecule has 1 amide bonds. The molecule has 0 aromatic heterocycles. The van der Waals surface area contributed by atoms with E-state index in [4.69, 9.17) is 17.3 Å². The van der Waals surface area contributed by atoms with Crippen LogP contribution in [0.15, 0.2) is 22.7 Å². The lowest BCUT2D eigenvalue weighted by Gasteiger charge is -2.36. The molecule has 2 atom stereocenters. The lowest BCUT2D eigenvalue weighted by molar-refractivity contribution is -0.133. The molecule has 0 bridgehead atoms. The van der Waals surface area contributed by atoms with Crippen LogP contribution in [0, 0.1) is 0 Å². The maximum Gasteiger partial charge on any atom is 0.227 e. The van der Waals surface area contributed by atoms with Gasteiger partial charge in [0, 0.05) is 28.1 Å². The zero-order valence-corrected chi connectivity index (χ0v) is 13.2. The van der Waals surface area contributed by atoms with Crippen LogP contribution in [-0.2, 0) is 11.2 Å². The van der Waals surface area contributed by atoms with E-state index in [1.165, 1.54) is 0 Å². The zero-order valence-electron chi connectivity index (χ0n) is 10.9. The van der Waals surface area contributed by atoms with E-state index < -0.39 is 0 Å². The monoisotopic (exact) mass is 344 g/mol. The van der Waals surface area contributed by atoms with E-state index in [-0.39, 0.29) is 18.0 Å². The normalized spacial score (nSPS) is 23.5. The highest BCUT2D eigenvalue weighted by molar-refractivity contribution is 9.10. The number of carbonyl (C=O) groups excluding carboxylic acids is 1. The molecule has 1 aliphatic rings. The summed E-state index contributed by atoms with van der Waals surface area (Å²) in [6.07, 6.45) is 2.17. The highest BCUT2D eigenvalue weighted by atomic mass is 79.9. The van der Waals surface area contributed by atoms with Crippen LogP contribution in [0.2, 0.25) is 5.02 Å². The van der Waals surface area contributed by atoms with Gasteiger partial charge in [0.1, 0.15) is 0 Å². The first kappa shape index (κ1) is 14.8. The molecule has 0 radical (unpaired) electrons. The molecular weight excluding hydrogens is 328 g/mol. The maximum atomic E-state index is 12.4. The summed E-state index contributed by atoms with van der Waals surface area (Å²) in [5.74, 6) is 0.155. The quantitative estimate of drug-likeness (QED) is 0.895. The van der Waals surface area contributed by atoms with E-state index >= 15 is 0 Å². The fourth-order valence-electron chi connectivity index (χ4n) is 2.51. The van der Waals surface area contributed by atoms with Gasteiger partial charge < -0.3 is 10.6 Å². The Hall–Kier alpha value is -0.580. The zero-order chi connectivity index (χ0) is 14.0. The van der Waals surface area contributed by atoms with Gasteiger partial charge in [-0.05, 0) is 37.5 Å². The summed E-state index contributed by atoms with van der Waals surface area (Å²) in [6, 6.07) is 5.97. The number of amides is 1. The fourth-order valence-corrected chi connectivity index (χ4v) is 3.33. The van der Waals surface area contributed by atoms with E-state index in [1.807, 2.05) is 23.1 Å². The third-order valence-electron chi connectivity index (χ3n) is 3.59. The van der Waals surface area contributed by atoms with Gasteiger partial charge in [-0.1, -0.05) is 33.6 Å². The van der Waals surface area contributed by atoms with Crippen molar-refractivity contribution in [3.8, 4) is 0 Å². The van der Waals surface area contributed by atoms with E-state index in [1.54, 1.807) is 0 Å². The molecule has 1 aromatic rings. The standard InChI is InChI=1S/C14H18BrClN2O/c1-9-6-12(17)4-5-18(9)14(19)7-10-2-3-11(16)8-13(10)15/h2-3,8-9,12H,4-7,17H2,1H3/t9-,12+/m1/s1. The Balaban J connectivity index is 2.04. The maximum absolute atomic E-state index is 12.4. The summed E-state index contributed by atoms with van der Waals surface area (Å²) in [5, 5.41) is 0.667. The number of piperidine rings is 1. The fraction of sp³-hybridized carbons (Fsp3) is 0.500. The third-order valence-corrected chi connectivity index (χ3v) is 4.57. The average Bonchev–Trinajstić information content (AvgIpc) is 2.32. The van der Waals surface area contributed by atoms with Crippen LogP contribution in [0.5, 0.6) is 0 Å². The summed E-state index contributed by atoms with van der Waals surface area (Å²) in [7, 11) is 0. The van der Waals surface area contributed by atoms with Crippen LogP contribution in [-0.4, -0.2) is 29.4 Å². The minimum Gasteiger partial charge on any atom is -0.340 e. The number of hydrogen-bond donors (Lipinski definition) is 1. The number of halogens is 2. The van der Waals surface area contributed by atoms with Crippen LogP contribution in [0.1, 0.15) is 25.3 Å². The number of likely N-dealkylation sites (tertiary alicyclic amines) is 1. The van der Waals surface area contributed by atoms with E-state index in [0.29, 0.717) is 11.4 Å². The van der Waals surface area contributed by atoms with Crippen LogP contribution in [0.25, 0.3) is 0 Å². The summed E-state index contributed by atoms with van der Waals surface area (Å²) < 4.78 is 0.884. The predicted octanol–water partition coefficient (Wildman–Crippen LogP) is 2.98. The Bertz CT molecular complexity index is 481. The molecular formula is C14H18BrClN2O. The molecule has 0 spiro atoms. The van der Waals surface area contributed by atoms with E-state index in [2.05, 4.69) is 22.9 Å². The molecule has 1 saturated heterocycles. The minimum absolute atomic E-state index is 0.155. The molecule has 0 aliphatic carbocycles. The number of rotatable bonds is 2. The second kappa shape index (κ2) is 6.25. The number of hydrogen-bond acceptors (Lipinski definition) is 2. The van der Waals surface area contributed by atoms with Crippen LogP contribution in [0.4, 0.5) is 0 Å². The molecule has 0 saturated carbocycles. The molecule has 1 heterocycles. The van der Waals surface area contributed by atoms with Gasteiger partial charge in [-0.2, -0.15) is 0 Å². The van der Waals surface area contributed by atoms with Crippen molar-refractivity contribution in [3.63, 3.8) is 0 Å². The van der Waals surface area contributed by atoms with Gasteiger partial charge in [0.05, 0.1) is 6.42 Å². The van der Waals surface area contributed by atoms with E-state index in [9.17, 15) is 4.79 Å². The lowest BCUT2D eigenvalue weighted by atomic mass is 9.98. The van der Waals surface area contributed by atoms with Crippen molar-refractivity contribution >= 4 is 33.4 Å². The second-order valence-corrected chi connectivity index (χ2v) is 6.42. The van der Waals surface area contributed by atoms with Crippen molar-refractivity contribution in [3.05, 3.63) is 33.3 Å². The topological polar surface area (TPSA) is 46.3 Å². The molecule has 5 heteroatoms. The number of carbonyl (C=O) groups is 1. The number of nitrogens with zero attached hydrogens (tertiary/aromatic N) is 1. The molecule has 3 nitrogen and oxygen atoms in total. The highest BCUT2D eigenvalue weighted by Gasteiger charge is 2.27. The lowest BCUT2D eigenvalue weighted by Crippen LogP contribution is -2.48.